The van der Waals surface area contributed by atoms with E-state index in [4.69, 9.17) is 10.5 Å². The molecule has 0 spiro atoms. The average molecular weight is 234 g/mol. The maximum Gasteiger partial charge on any atom is 0.249 e. The molecule has 0 saturated carbocycles. The fourth-order valence-electron chi connectivity index (χ4n) is 2.26. The van der Waals surface area contributed by atoms with E-state index < -0.39 is 0 Å². The molecule has 1 aromatic rings. The molecule has 1 amide bonds. The minimum Gasteiger partial charge on any atom is -0.399 e. The molecule has 1 atom stereocenters. The average Bonchev–Trinajstić information content (AvgIpc) is 2.28. The van der Waals surface area contributed by atoms with Crippen molar-refractivity contribution in [3.8, 4) is 0 Å². The van der Waals surface area contributed by atoms with Crippen LogP contribution in [0.4, 0.5) is 5.69 Å². The van der Waals surface area contributed by atoms with Gasteiger partial charge in [0.25, 0.3) is 0 Å². The normalized spacial score (nSPS) is 21.0. The van der Waals surface area contributed by atoms with Crippen LogP contribution in [0.5, 0.6) is 0 Å². The molecule has 17 heavy (non-hydrogen) atoms. The van der Waals surface area contributed by atoms with E-state index in [1.54, 1.807) is 0 Å². The Kier molecular flexibility index (Phi) is 3.33. The Morgan fingerprint density at radius 2 is 2.24 bits per heavy atom. The lowest BCUT2D eigenvalue weighted by molar-refractivity contribution is -0.151. The zero-order valence-electron chi connectivity index (χ0n) is 10.2. The number of ether oxygens (including phenoxy) is 1. The monoisotopic (exact) mass is 234 g/mol. The van der Waals surface area contributed by atoms with Gasteiger partial charge in [-0.1, -0.05) is 12.1 Å². The SMILES string of the molecule is CC(C)N1C(=O)COCC1c1cccc(N)c1. The zero-order chi connectivity index (χ0) is 12.4. The van der Waals surface area contributed by atoms with Crippen LogP contribution in [0.3, 0.4) is 0 Å². The third-order valence-electron chi connectivity index (χ3n) is 2.98. The van der Waals surface area contributed by atoms with Crippen LogP contribution in [0.15, 0.2) is 24.3 Å². The number of nitrogen functional groups attached to an aromatic ring is 1. The maximum atomic E-state index is 11.9. The molecular weight excluding hydrogens is 216 g/mol. The number of amides is 1. The van der Waals surface area contributed by atoms with Gasteiger partial charge >= 0.3 is 0 Å². The van der Waals surface area contributed by atoms with E-state index in [9.17, 15) is 4.79 Å². The minimum atomic E-state index is -0.0280. The number of nitrogens with zero attached hydrogens (tertiary/aromatic N) is 1. The Labute approximate surface area is 101 Å². The quantitative estimate of drug-likeness (QED) is 0.790. The molecule has 0 radical (unpaired) electrons. The summed E-state index contributed by atoms with van der Waals surface area (Å²) in [5.41, 5.74) is 7.52. The summed E-state index contributed by atoms with van der Waals surface area (Å²) in [6.45, 7) is 4.75. The van der Waals surface area contributed by atoms with Crippen LogP contribution < -0.4 is 5.73 Å². The first-order valence-electron chi connectivity index (χ1n) is 5.84. The van der Waals surface area contributed by atoms with E-state index in [2.05, 4.69) is 0 Å². The van der Waals surface area contributed by atoms with E-state index in [-0.39, 0.29) is 24.6 Å². The molecule has 0 aromatic heterocycles. The van der Waals surface area contributed by atoms with Gasteiger partial charge in [0, 0.05) is 11.7 Å². The van der Waals surface area contributed by atoms with Crippen molar-refractivity contribution in [3.05, 3.63) is 29.8 Å². The smallest absolute Gasteiger partial charge is 0.249 e. The van der Waals surface area contributed by atoms with Gasteiger partial charge in [0.05, 0.1) is 12.6 Å². The van der Waals surface area contributed by atoms with Crippen molar-refractivity contribution in [1.82, 2.24) is 4.90 Å². The largest absolute Gasteiger partial charge is 0.399 e. The molecule has 92 valence electrons. The van der Waals surface area contributed by atoms with Crippen molar-refractivity contribution in [3.63, 3.8) is 0 Å². The van der Waals surface area contributed by atoms with Crippen LogP contribution in [0.1, 0.15) is 25.5 Å². The van der Waals surface area contributed by atoms with Gasteiger partial charge in [0.15, 0.2) is 0 Å². The molecule has 1 aliphatic heterocycles. The first kappa shape index (κ1) is 11.9. The first-order valence-corrected chi connectivity index (χ1v) is 5.84. The lowest BCUT2D eigenvalue weighted by Crippen LogP contribution is -2.47. The number of hydrogen-bond donors (Lipinski definition) is 1. The van der Waals surface area contributed by atoms with Crippen LogP contribution in [-0.4, -0.2) is 30.1 Å². The van der Waals surface area contributed by atoms with Crippen LogP contribution in [0.25, 0.3) is 0 Å². The lowest BCUT2D eigenvalue weighted by Gasteiger charge is -2.38. The van der Waals surface area contributed by atoms with E-state index in [0.717, 1.165) is 5.56 Å². The van der Waals surface area contributed by atoms with Gasteiger partial charge in [-0.3, -0.25) is 4.79 Å². The fourth-order valence-corrected chi connectivity index (χ4v) is 2.26. The minimum absolute atomic E-state index is 0.0280. The second-order valence-corrected chi connectivity index (χ2v) is 4.60. The Hall–Kier alpha value is -1.55. The van der Waals surface area contributed by atoms with Crippen LogP contribution in [0, 0.1) is 0 Å². The van der Waals surface area contributed by atoms with Gasteiger partial charge in [-0.05, 0) is 31.5 Å². The Bertz CT molecular complexity index is 418. The molecular formula is C13H18N2O2. The number of hydrogen-bond acceptors (Lipinski definition) is 3. The summed E-state index contributed by atoms with van der Waals surface area (Å²) >= 11 is 0. The molecule has 1 aromatic carbocycles. The highest BCUT2D eigenvalue weighted by Gasteiger charge is 2.31. The van der Waals surface area contributed by atoms with E-state index in [1.165, 1.54) is 0 Å². The number of morpholine rings is 1. The molecule has 1 heterocycles. The molecule has 2 rings (SSSR count). The predicted molar refractivity (Wildman–Crippen MR) is 66.4 cm³/mol. The number of carbonyl (C=O) groups is 1. The second kappa shape index (κ2) is 4.75. The van der Waals surface area contributed by atoms with Crippen molar-refractivity contribution < 1.29 is 9.53 Å². The van der Waals surface area contributed by atoms with Crippen molar-refractivity contribution in [1.29, 1.82) is 0 Å². The van der Waals surface area contributed by atoms with Crippen molar-refractivity contribution in [2.75, 3.05) is 18.9 Å². The standard InChI is InChI=1S/C13H18N2O2/c1-9(2)15-12(7-17-8-13(15)16)10-4-3-5-11(14)6-10/h3-6,9,12H,7-8,14H2,1-2H3. The van der Waals surface area contributed by atoms with Crippen LogP contribution in [-0.2, 0) is 9.53 Å². The summed E-state index contributed by atoms with van der Waals surface area (Å²) in [6, 6.07) is 7.77. The maximum absolute atomic E-state index is 11.9. The molecule has 1 unspecified atom stereocenters. The summed E-state index contributed by atoms with van der Waals surface area (Å²) in [4.78, 5) is 13.7. The van der Waals surface area contributed by atoms with E-state index in [1.807, 2.05) is 43.0 Å². The van der Waals surface area contributed by atoms with Gasteiger partial charge in [0.1, 0.15) is 6.61 Å². The van der Waals surface area contributed by atoms with Crippen LogP contribution >= 0.6 is 0 Å². The van der Waals surface area contributed by atoms with Gasteiger partial charge in [0.2, 0.25) is 5.91 Å². The molecule has 0 aliphatic carbocycles. The summed E-state index contributed by atoms with van der Waals surface area (Å²) < 4.78 is 5.34. The molecule has 4 nitrogen and oxygen atoms in total. The first-order chi connectivity index (χ1) is 8.09. The zero-order valence-corrected chi connectivity index (χ0v) is 10.2. The summed E-state index contributed by atoms with van der Waals surface area (Å²) in [6.07, 6.45) is 0. The topological polar surface area (TPSA) is 55.6 Å². The van der Waals surface area contributed by atoms with E-state index in [0.29, 0.717) is 12.3 Å². The summed E-state index contributed by atoms with van der Waals surface area (Å²) in [7, 11) is 0. The lowest BCUT2D eigenvalue weighted by atomic mass is 10.0. The highest BCUT2D eigenvalue weighted by Crippen LogP contribution is 2.27. The fraction of sp³-hybridized carbons (Fsp3) is 0.462. The van der Waals surface area contributed by atoms with Gasteiger partial charge in [-0.15, -0.1) is 0 Å². The molecule has 1 saturated heterocycles. The van der Waals surface area contributed by atoms with Gasteiger partial charge in [-0.2, -0.15) is 0 Å². The Balaban J connectivity index is 2.31. The van der Waals surface area contributed by atoms with Crippen molar-refractivity contribution >= 4 is 11.6 Å². The van der Waals surface area contributed by atoms with Crippen molar-refractivity contribution in [2.24, 2.45) is 0 Å². The third kappa shape index (κ3) is 2.42. The van der Waals surface area contributed by atoms with Crippen LogP contribution in [0.2, 0.25) is 0 Å². The molecule has 1 aliphatic rings. The van der Waals surface area contributed by atoms with Gasteiger partial charge in [-0.25, -0.2) is 0 Å². The predicted octanol–water partition coefficient (Wildman–Crippen LogP) is 1.58. The second-order valence-electron chi connectivity index (χ2n) is 4.60. The molecule has 0 bridgehead atoms. The molecule has 4 heteroatoms. The number of carbonyl (C=O) groups excluding carboxylic acids is 1. The molecule has 2 N–H and O–H groups in total. The highest BCUT2D eigenvalue weighted by atomic mass is 16.5. The summed E-state index contributed by atoms with van der Waals surface area (Å²) in [5.74, 6) is 0.0404. The number of rotatable bonds is 2. The summed E-state index contributed by atoms with van der Waals surface area (Å²) in [5, 5.41) is 0. The highest BCUT2D eigenvalue weighted by molar-refractivity contribution is 5.79. The number of anilines is 1. The number of benzene rings is 1. The Morgan fingerprint density at radius 1 is 1.47 bits per heavy atom. The Morgan fingerprint density at radius 3 is 2.88 bits per heavy atom. The molecule has 1 fully saturated rings. The number of nitrogens with two attached hydrogens (primary N) is 1. The van der Waals surface area contributed by atoms with E-state index >= 15 is 0 Å². The third-order valence-corrected chi connectivity index (χ3v) is 2.98. The van der Waals surface area contributed by atoms with Crippen molar-refractivity contribution in [2.45, 2.75) is 25.9 Å². The van der Waals surface area contributed by atoms with Gasteiger partial charge < -0.3 is 15.4 Å².